The van der Waals surface area contributed by atoms with Gasteiger partial charge in [0.2, 0.25) is 5.95 Å². The third-order valence-electron chi connectivity index (χ3n) is 4.82. The Kier molecular flexibility index (Phi) is 6.96. The predicted octanol–water partition coefficient (Wildman–Crippen LogP) is 4.23. The van der Waals surface area contributed by atoms with Crippen molar-refractivity contribution in [2.24, 2.45) is 5.92 Å². The van der Waals surface area contributed by atoms with Gasteiger partial charge in [-0.1, -0.05) is 19.1 Å². The fourth-order valence-electron chi connectivity index (χ4n) is 3.27. The largest absolute Gasteiger partial charge is 0.497 e. The first kappa shape index (κ1) is 22.1. The number of ether oxygens (including phenoxy) is 1. The standard InChI is InChI=1S/C20H24F3N5OS/c1-13-4-3-9-28(12-13)17-10-16(20(21,22)23)25-18(26-17)27-19(30)24-11-14-5-7-15(29-2)8-6-14/h5-8,10,13H,3-4,9,11-12H2,1-2H3,(H2,24,25,26,27,30)/t13-/m1/s1. The van der Waals surface area contributed by atoms with Crippen molar-refractivity contribution in [3.8, 4) is 5.75 Å². The van der Waals surface area contributed by atoms with Gasteiger partial charge in [-0.05, 0) is 48.7 Å². The normalized spacial score (nSPS) is 16.8. The van der Waals surface area contributed by atoms with Gasteiger partial charge in [0.05, 0.1) is 7.11 Å². The molecule has 0 amide bonds. The Labute approximate surface area is 178 Å². The molecule has 1 aliphatic heterocycles. The Morgan fingerprint density at radius 3 is 2.63 bits per heavy atom. The van der Waals surface area contributed by atoms with E-state index in [1.54, 1.807) is 7.11 Å². The number of alkyl halides is 3. The maximum Gasteiger partial charge on any atom is 0.433 e. The molecule has 30 heavy (non-hydrogen) atoms. The van der Waals surface area contributed by atoms with Crippen LogP contribution in [0.1, 0.15) is 31.0 Å². The smallest absolute Gasteiger partial charge is 0.433 e. The second-order valence-corrected chi connectivity index (χ2v) is 7.69. The molecule has 0 unspecified atom stereocenters. The fraction of sp³-hybridized carbons (Fsp3) is 0.450. The van der Waals surface area contributed by atoms with Gasteiger partial charge >= 0.3 is 6.18 Å². The van der Waals surface area contributed by atoms with Crippen molar-refractivity contribution in [2.45, 2.75) is 32.5 Å². The zero-order valence-corrected chi connectivity index (χ0v) is 17.6. The monoisotopic (exact) mass is 439 g/mol. The van der Waals surface area contributed by atoms with Crippen molar-refractivity contribution in [3.63, 3.8) is 0 Å². The van der Waals surface area contributed by atoms with Gasteiger partial charge in [-0.2, -0.15) is 18.2 Å². The molecule has 1 atom stereocenters. The molecule has 10 heteroatoms. The number of anilines is 2. The molecule has 1 aliphatic rings. The van der Waals surface area contributed by atoms with Gasteiger partial charge < -0.3 is 20.3 Å². The second kappa shape index (κ2) is 9.46. The Bertz CT molecular complexity index is 876. The number of hydrogen-bond acceptors (Lipinski definition) is 5. The summed E-state index contributed by atoms with van der Waals surface area (Å²) in [6.45, 7) is 3.80. The van der Waals surface area contributed by atoms with Gasteiger partial charge in [0.1, 0.15) is 11.6 Å². The molecule has 0 saturated carbocycles. The lowest BCUT2D eigenvalue weighted by atomic mass is 10.0. The highest BCUT2D eigenvalue weighted by Gasteiger charge is 2.34. The Balaban J connectivity index is 1.71. The van der Waals surface area contributed by atoms with Crippen molar-refractivity contribution in [3.05, 3.63) is 41.6 Å². The molecule has 1 aromatic carbocycles. The highest BCUT2D eigenvalue weighted by Crippen LogP contribution is 2.31. The van der Waals surface area contributed by atoms with Gasteiger partial charge in [0, 0.05) is 25.7 Å². The molecule has 1 fully saturated rings. The van der Waals surface area contributed by atoms with Crippen LogP contribution < -0.4 is 20.3 Å². The van der Waals surface area contributed by atoms with Crippen LogP contribution in [0.2, 0.25) is 0 Å². The maximum atomic E-state index is 13.4. The molecular weight excluding hydrogens is 415 g/mol. The number of nitrogens with one attached hydrogen (secondary N) is 2. The van der Waals surface area contributed by atoms with E-state index >= 15 is 0 Å². The highest BCUT2D eigenvalue weighted by molar-refractivity contribution is 7.80. The number of nitrogens with zero attached hydrogens (tertiary/aromatic N) is 3. The van der Waals surface area contributed by atoms with Crippen molar-refractivity contribution >= 4 is 29.1 Å². The van der Waals surface area contributed by atoms with E-state index in [9.17, 15) is 13.2 Å². The molecule has 1 saturated heterocycles. The molecule has 0 aliphatic carbocycles. The third kappa shape index (κ3) is 5.94. The van der Waals surface area contributed by atoms with Crippen LogP contribution >= 0.6 is 12.2 Å². The molecule has 3 rings (SSSR count). The van der Waals surface area contributed by atoms with E-state index in [2.05, 4.69) is 27.5 Å². The quantitative estimate of drug-likeness (QED) is 0.676. The van der Waals surface area contributed by atoms with Crippen molar-refractivity contribution < 1.29 is 17.9 Å². The Morgan fingerprint density at radius 2 is 2.00 bits per heavy atom. The van der Waals surface area contributed by atoms with Crippen molar-refractivity contribution in [1.29, 1.82) is 0 Å². The molecule has 162 valence electrons. The average Bonchev–Trinajstić information content (AvgIpc) is 2.72. The zero-order valence-electron chi connectivity index (χ0n) is 16.8. The van der Waals surface area contributed by atoms with Crippen LogP contribution in [-0.2, 0) is 12.7 Å². The number of halogens is 3. The van der Waals surface area contributed by atoms with Gasteiger partial charge in [-0.15, -0.1) is 0 Å². The van der Waals surface area contributed by atoms with Crippen LogP contribution in [0.25, 0.3) is 0 Å². The zero-order chi connectivity index (χ0) is 21.7. The molecular formula is C20H24F3N5OS. The number of piperidine rings is 1. The number of methoxy groups -OCH3 is 1. The molecule has 2 aromatic rings. The van der Waals surface area contributed by atoms with E-state index in [1.165, 1.54) is 0 Å². The molecule has 2 heterocycles. The van der Waals surface area contributed by atoms with E-state index in [1.807, 2.05) is 29.2 Å². The summed E-state index contributed by atoms with van der Waals surface area (Å²) in [5, 5.41) is 5.78. The van der Waals surface area contributed by atoms with Crippen LogP contribution in [0, 0.1) is 5.92 Å². The minimum Gasteiger partial charge on any atom is -0.497 e. The van der Waals surface area contributed by atoms with Crippen LogP contribution in [0.5, 0.6) is 5.75 Å². The van der Waals surface area contributed by atoms with Crippen LogP contribution in [-0.4, -0.2) is 35.3 Å². The van der Waals surface area contributed by atoms with E-state index in [0.717, 1.165) is 30.2 Å². The number of hydrogen-bond donors (Lipinski definition) is 2. The van der Waals surface area contributed by atoms with Crippen molar-refractivity contribution in [1.82, 2.24) is 15.3 Å². The van der Waals surface area contributed by atoms with Crippen LogP contribution in [0.3, 0.4) is 0 Å². The SMILES string of the molecule is COc1ccc(CNC(=S)Nc2nc(N3CCC[C@@H](C)C3)cc(C(F)(F)F)n2)cc1. The summed E-state index contributed by atoms with van der Waals surface area (Å²) >= 11 is 5.22. The minimum absolute atomic E-state index is 0.142. The number of benzene rings is 1. The Morgan fingerprint density at radius 1 is 1.27 bits per heavy atom. The summed E-state index contributed by atoms with van der Waals surface area (Å²) in [4.78, 5) is 9.77. The summed E-state index contributed by atoms with van der Waals surface area (Å²) in [6, 6.07) is 8.36. The molecule has 0 bridgehead atoms. The second-order valence-electron chi connectivity index (χ2n) is 7.28. The average molecular weight is 440 g/mol. The topological polar surface area (TPSA) is 62.3 Å². The van der Waals surface area contributed by atoms with E-state index in [-0.39, 0.29) is 16.9 Å². The summed E-state index contributed by atoms with van der Waals surface area (Å²) in [5.74, 6) is 1.21. The van der Waals surface area contributed by atoms with E-state index < -0.39 is 11.9 Å². The van der Waals surface area contributed by atoms with E-state index in [4.69, 9.17) is 17.0 Å². The maximum absolute atomic E-state index is 13.4. The molecule has 6 nitrogen and oxygen atoms in total. The molecule has 2 N–H and O–H groups in total. The summed E-state index contributed by atoms with van der Waals surface area (Å²) in [5.41, 5.74) is -0.0564. The molecule has 0 spiro atoms. The minimum atomic E-state index is -4.58. The fourth-order valence-corrected chi connectivity index (χ4v) is 3.43. The lowest BCUT2D eigenvalue weighted by molar-refractivity contribution is -0.141. The lowest BCUT2D eigenvalue weighted by Gasteiger charge is -2.32. The van der Waals surface area contributed by atoms with Gasteiger partial charge in [0.15, 0.2) is 10.8 Å². The molecule has 1 aromatic heterocycles. The van der Waals surface area contributed by atoms with Crippen LogP contribution in [0.15, 0.2) is 30.3 Å². The number of aromatic nitrogens is 2. The summed E-state index contributed by atoms with van der Waals surface area (Å²) in [6.07, 6.45) is -2.61. The lowest BCUT2D eigenvalue weighted by Crippen LogP contribution is -2.35. The van der Waals surface area contributed by atoms with Crippen molar-refractivity contribution in [2.75, 3.05) is 30.4 Å². The van der Waals surface area contributed by atoms with Gasteiger partial charge in [-0.25, -0.2) is 4.98 Å². The Hall–Kier alpha value is -2.62. The highest BCUT2D eigenvalue weighted by atomic mass is 32.1. The van der Waals surface area contributed by atoms with Crippen LogP contribution in [0.4, 0.5) is 24.9 Å². The molecule has 0 radical (unpaired) electrons. The van der Waals surface area contributed by atoms with Gasteiger partial charge in [0.25, 0.3) is 0 Å². The number of rotatable bonds is 5. The van der Waals surface area contributed by atoms with Gasteiger partial charge in [-0.3, -0.25) is 0 Å². The van der Waals surface area contributed by atoms with E-state index in [0.29, 0.717) is 25.6 Å². The first-order valence-corrected chi connectivity index (χ1v) is 10.0. The number of thiocarbonyl (C=S) groups is 1. The third-order valence-corrected chi connectivity index (χ3v) is 5.07. The summed E-state index contributed by atoms with van der Waals surface area (Å²) in [7, 11) is 1.58. The first-order chi connectivity index (χ1) is 14.2. The summed E-state index contributed by atoms with van der Waals surface area (Å²) < 4.78 is 45.2. The predicted molar refractivity (Wildman–Crippen MR) is 114 cm³/mol. The first-order valence-electron chi connectivity index (χ1n) is 9.63.